The van der Waals surface area contributed by atoms with E-state index in [0.717, 1.165) is 39.0 Å². The van der Waals surface area contributed by atoms with Crippen molar-refractivity contribution in [2.75, 3.05) is 32.9 Å². The van der Waals surface area contributed by atoms with E-state index < -0.39 is 0 Å². The summed E-state index contributed by atoms with van der Waals surface area (Å²) < 4.78 is 11.4. The van der Waals surface area contributed by atoms with E-state index in [0.29, 0.717) is 43.5 Å². The van der Waals surface area contributed by atoms with E-state index >= 15 is 0 Å². The summed E-state index contributed by atoms with van der Waals surface area (Å²) in [5, 5.41) is 0. The first-order chi connectivity index (χ1) is 10.9. The lowest BCUT2D eigenvalue weighted by Gasteiger charge is -2.43. The summed E-state index contributed by atoms with van der Waals surface area (Å²) in [7, 11) is 0. The summed E-state index contributed by atoms with van der Waals surface area (Å²) in [6, 6.07) is 0. The van der Waals surface area contributed by atoms with Crippen molar-refractivity contribution in [3.05, 3.63) is 0 Å². The van der Waals surface area contributed by atoms with Crippen LogP contribution in [-0.4, -0.2) is 49.8 Å². The van der Waals surface area contributed by atoms with Crippen molar-refractivity contribution in [2.45, 2.75) is 65.9 Å². The molecule has 0 saturated carbocycles. The van der Waals surface area contributed by atoms with Gasteiger partial charge in [0, 0.05) is 26.1 Å². The first kappa shape index (κ1) is 18.7. The zero-order valence-corrected chi connectivity index (χ0v) is 15.5. The first-order valence-electron chi connectivity index (χ1n) is 9.39. The summed E-state index contributed by atoms with van der Waals surface area (Å²) >= 11 is 0. The monoisotopic (exact) mass is 325 g/mol. The Morgan fingerprint density at radius 1 is 1.17 bits per heavy atom. The Morgan fingerprint density at radius 2 is 1.87 bits per heavy atom. The molecule has 2 heterocycles. The highest BCUT2D eigenvalue weighted by molar-refractivity contribution is 5.77. The molecule has 2 rings (SSSR count). The van der Waals surface area contributed by atoms with E-state index in [1.807, 2.05) is 4.90 Å². The normalized spacial score (nSPS) is 29.3. The number of morpholine rings is 1. The number of carbonyl (C=O) groups excluding carboxylic acids is 1. The van der Waals surface area contributed by atoms with Crippen molar-refractivity contribution in [3.63, 3.8) is 0 Å². The minimum atomic E-state index is 0.132. The van der Waals surface area contributed by atoms with Gasteiger partial charge in [0.25, 0.3) is 0 Å². The molecular weight excluding hydrogens is 290 g/mol. The molecule has 0 N–H and O–H groups in total. The van der Waals surface area contributed by atoms with Crippen LogP contribution in [0.15, 0.2) is 0 Å². The Labute approximate surface area is 141 Å². The standard InChI is InChI=1S/C19H35NO3/c1-15(2)5-6-19(7-10-23-17(13-19)16(3)4)14-18(21)20-8-11-22-12-9-20/h15-17H,5-14H2,1-4H3. The minimum Gasteiger partial charge on any atom is -0.378 e. The average Bonchev–Trinajstić information content (AvgIpc) is 2.54. The molecule has 0 aromatic carbocycles. The highest BCUT2D eigenvalue weighted by Crippen LogP contribution is 2.43. The van der Waals surface area contributed by atoms with Gasteiger partial charge in [-0.2, -0.15) is 0 Å². The van der Waals surface area contributed by atoms with Gasteiger partial charge in [-0.1, -0.05) is 34.1 Å². The quantitative estimate of drug-likeness (QED) is 0.750. The largest absolute Gasteiger partial charge is 0.378 e. The number of amides is 1. The molecule has 0 bridgehead atoms. The molecule has 2 atom stereocenters. The highest BCUT2D eigenvalue weighted by atomic mass is 16.5. The van der Waals surface area contributed by atoms with Crippen LogP contribution < -0.4 is 0 Å². The van der Waals surface area contributed by atoms with Gasteiger partial charge in [0.1, 0.15) is 0 Å². The van der Waals surface area contributed by atoms with Crippen LogP contribution in [0.2, 0.25) is 0 Å². The van der Waals surface area contributed by atoms with Crippen molar-refractivity contribution in [1.82, 2.24) is 4.90 Å². The van der Waals surface area contributed by atoms with Crippen LogP contribution in [0.5, 0.6) is 0 Å². The van der Waals surface area contributed by atoms with Crippen molar-refractivity contribution in [3.8, 4) is 0 Å². The molecule has 134 valence electrons. The second kappa shape index (κ2) is 8.48. The number of hydrogen-bond acceptors (Lipinski definition) is 3. The third-order valence-corrected chi connectivity index (χ3v) is 5.48. The second-order valence-electron chi connectivity index (χ2n) is 8.21. The molecule has 0 aromatic rings. The van der Waals surface area contributed by atoms with Gasteiger partial charge >= 0.3 is 0 Å². The van der Waals surface area contributed by atoms with Crippen LogP contribution in [0.4, 0.5) is 0 Å². The van der Waals surface area contributed by atoms with E-state index in [1.54, 1.807) is 0 Å². The molecule has 4 nitrogen and oxygen atoms in total. The van der Waals surface area contributed by atoms with Crippen molar-refractivity contribution in [1.29, 1.82) is 0 Å². The number of nitrogens with zero attached hydrogens (tertiary/aromatic N) is 1. The lowest BCUT2D eigenvalue weighted by Crippen LogP contribution is -2.45. The molecule has 0 aromatic heterocycles. The summed E-state index contributed by atoms with van der Waals surface area (Å²) in [5.74, 6) is 1.53. The molecule has 2 aliphatic heterocycles. The van der Waals surface area contributed by atoms with E-state index in [-0.39, 0.29) is 5.41 Å². The molecule has 23 heavy (non-hydrogen) atoms. The molecule has 2 saturated heterocycles. The molecule has 0 radical (unpaired) electrons. The van der Waals surface area contributed by atoms with E-state index in [4.69, 9.17) is 9.47 Å². The fourth-order valence-corrected chi connectivity index (χ4v) is 3.76. The van der Waals surface area contributed by atoms with Crippen LogP contribution in [0.1, 0.15) is 59.8 Å². The maximum Gasteiger partial charge on any atom is 0.223 e. The summed E-state index contributed by atoms with van der Waals surface area (Å²) in [6.07, 6.45) is 5.39. The number of rotatable bonds is 6. The SMILES string of the molecule is CC(C)CCC1(CC(=O)N2CCOCC2)CCOC(C(C)C)C1. The Kier molecular flexibility index (Phi) is 6.90. The zero-order valence-electron chi connectivity index (χ0n) is 15.5. The van der Waals surface area contributed by atoms with Gasteiger partial charge in [0.2, 0.25) is 5.91 Å². The Hall–Kier alpha value is -0.610. The third-order valence-electron chi connectivity index (χ3n) is 5.48. The van der Waals surface area contributed by atoms with E-state index in [2.05, 4.69) is 27.7 Å². The molecule has 0 spiro atoms. The van der Waals surface area contributed by atoms with Crippen molar-refractivity contribution < 1.29 is 14.3 Å². The maximum atomic E-state index is 12.8. The third kappa shape index (κ3) is 5.46. The van der Waals surface area contributed by atoms with E-state index in [9.17, 15) is 4.79 Å². The zero-order chi connectivity index (χ0) is 16.9. The van der Waals surface area contributed by atoms with E-state index in [1.165, 1.54) is 6.42 Å². The second-order valence-corrected chi connectivity index (χ2v) is 8.21. The highest BCUT2D eigenvalue weighted by Gasteiger charge is 2.40. The Bertz CT molecular complexity index is 377. The molecule has 0 aliphatic carbocycles. The summed E-state index contributed by atoms with van der Waals surface area (Å²) in [5.41, 5.74) is 0.132. The van der Waals surface area contributed by atoms with Gasteiger partial charge < -0.3 is 14.4 Å². The predicted octanol–water partition coefficient (Wildman–Crippen LogP) is 3.49. The topological polar surface area (TPSA) is 38.8 Å². The molecular formula is C19H35NO3. The van der Waals surface area contributed by atoms with Gasteiger partial charge in [-0.05, 0) is 36.5 Å². The number of hydrogen-bond donors (Lipinski definition) is 0. The molecule has 2 unspecified atom stereocenters. The number of ether oxygens (including phenoxy) is 2. The minimum absolute atomic E-state index is 0.132. The fraction of sp³-hybridized carbons (Fsp3) is 0.947. The summed E-state index contributed by atoms with van der Waals surface area (Å²) in [6.45, 7) is 12.7. The Balaban J connectivity index is 2.04. The predicted molar refractivity (Wildman–Crippen MR) is 92.3 cm³/mol. The fourth-order valence-electron chi connectivity index (χ4n) is 3.76. The molecule has 2 fully saturated rings. The lowest BCUT2D eigenvalue weighted by atomic mass is 9.69. The molecule has 4 heteroatoms. The van der Waals surface area contributed by atoms with Crippen molar-refractivity contribution >= 4 is 5.91 Å². The average molecular weight is 325 g/mol. The lowest BCUT2D eigenvalue weighted by molar-refractivity contribution is -0.142. The molecule has 1 amide bonds. The van der Waals surface area contributed by atoms with Crippen LogP contribution >= 0.6 is 0 Å². The van der Waals surface area contributed by atoms with Crippen molar-refractivity contribution in [2.24, 2.45) is 17.3 Å². The maximum absolute atomic E-state index is 12.8. The van der Waals surface area contributed by atoms with Crippen LogP contribution in [0.3, 0.4) is 0 Å². The van der Waals surface area contributed by atoms with Crippen LogP contribution in [0.25, 0.3) is 0 Å². The first-order valence-corrected chi connectivity index (χ1v) is 9.39. The smallest absolute Gasteiger partial charge is 0.223 e. The van der Waals surface area contributed by atoms with Gasteiger partial charge in [0.05, 0.1) is 19.3 Å². The van der Waals surface area contributed by atoms with Crippen LogP contribution in [-0.2, 0) is 14.3 Å². The Morgan fingerprint density at radius 3 is 2.48 bits per heavy atom. The number of carbonyl (C=O) groups is 1. The van der Waals surface area contributed by atoms with Crippen LogP contribution in [0, 0.1) is 17.3 Å². The van der Waals surface area contributed by atoms with Gasteiger partial charge in [-0.3, -0.25) is 4.79 Å². The summed E-state index contributed by atoms with van der Waals surface area (Å²) in [4.78, 5) is 14.8. The van der Waals surface area contributed by atoms with Gasteiger partial charge in [-0.15, -0.1) is 0 Å². The van der Waals surface area contributed by atoms with Gasteiger partial charge in [-0.25, -0.2) is 0 Å². The molecule has 2 aliphatic rings. The van der Waals surface area contributed by atoms with Gasteiger partial charge in [0.15, 0.2) is 0 Å².